The van der Waals surface area contributed by atoms with Gasteiger partial charge in [0.05, 0.1) is 0 Å². The number of carbonyl (C=O) groups excluding carboxylic acids is 1. The van der Waals surface area contributed by atoms with Crippen molar-refractivity contribution in [3.8, 4) is 11.8 Å². The molecule has 96 valence electrons. The summed E-state index contributed by atoms with van der Waals surface area (Å²) in [6.45, 7) is 10.5. The molecule has 1 amide bonds. The highest BCUT2D eigenvalue weighted by Gasteiger charge is 2.29. The van der Waals surface area contributed by atoms with Crippen molar-refractivity contribution in [3.63, 3.8) is 0 Å². The summed E-state index contributed by atoms with van der Waals surface area (Å²) in [4.78, 5) is 15.9. The Morgan fingerprint density at radius 1 is 1.29 bits per heavy atom. The van der Waals surface area contributed by atoms with Crippen LogP contribution in [0.1, 0.15) is 40.5 Å². The third-order valence-corrected chi connectivity index (χ3v) is 3.51. The van der Waals surface area contributed by atoms with Crippen molar-refractivity contribution in [3.05, 3.63) is 0 Å². The van der Waals surface area contributed by atoms with Crippen LogP contribution in [0.25, 0.3) is 0 Å². The first-order chi connectivity index (χ1) is 7.86. The maximum atomic E-state index is 11.7. The van der Waals surface area contributed by atoms with Crippen molar-refractivity contribution >= 4 is 5.91 Å². The molecule has 0 unspecified atom stereocenters. The second kappa shape index (κ2) is 5.55. The molecule has 17 heavy (non-hydrogen) atoms. The molecule has 0 aromatic rings. The van der Waals surface area contributed by atoms with E-state index < -0.39 is 0 Å². The Hall–Kier alpha value is -1.01. The summed E-state index contributed by atoms with van der Waals surface area (Å²) in [5, 5.41) is 0. The van der Waals surface area contributed by atoms with E-state index in [1.807, 2.05) is 7.05 Å². The fraction of sp³-hybridized carbons (Fsp3) is 0.786. The monoisotopic (exact) mass is 236 g/mol. The van der Waals surface area contributed by atoms with Crippen LogP contribution in [-0.4, -0.2) is 47.4 Å². The summed E-state index contributed by atoms with van der Waals surface area (Å²) >= 11 is 0. The zero-order chi connectivity index (χ0) is 13.1. The minimum Gasteiger partial charge on any atom is -0.332 e. The molecule has 0 radical (unpaired) electrons. The summed E-state index contributed by atoms with van der Waals surface area (Å²) < 4.78 is 0. The third-order valence-electron chi connectivity index (χ3n) is 3.51. The van der Waals surface area contributed by atoms with Gasteiger partial charge in [-0.25, -0.2) is 0 Å². The molecular weight excluding hydrogens is 212 g/mol. The molecule has 1 rings (SSSR count). The summed E-state index contributed by atoms with van der Waals surface area (Å²) in [6.07, 6.45) is 2.09. The first kappa shape index (κ1) is 14.1. The van der Waals surface area contributed by atoms with Crippen molar-refractivity contribution in [2.45, 2.75) is 52.1 Å². The van der Waals surface area contributed by atoms with E-state index in [2.05, 4.69) is 37.5 Å². The Bertz CT molecular complexity index is 324. The first-order valence-electron chi connectivity index (χ1n) is 6.31. The average molecular weight is 236 g/mol. The quantitative estimate of drug-likeness (QED) is 0.647. The Morgan fingerprint density at radius 3 is 2.24 bits per heavy atom. The zero-order valence-corrected chi connectivity index (χ0v) is 11.7. The first-order valence-corrected chi connectivity index (χ1v) is 6.31. The highest BCUT2D eigenvalue weighted by Crippen LogP contribution is 2.22. The molecule has 0 aromatic carbocycles. The Kier molecular flexibility index (Phi) is 4.59. The third kappa shape index (κ3) is 3.74. The van der Waals surface area contributed by atoms with E-state index in [1.165, 1.54) is 0 Å². The summed E-state index contributed by atoms with van der Waals surface area (Å²) in [7, 11) is 1.87. The van der Waals surface area contributed by atoms with E-state index >= 15 is 0 Å². The molecule has 0 bridgehead atoms. The lowest BCUT2D eigenvalue weighted by molar-refractivity contribution is -0.126. The van der Waals surface area contributed by atoms with E-state index in [9.17, 15) is 4.79 Å². The van der Waals surface area contributed by atoms with E-state index in [0.29, 0.717) is 6.04 Å². The average Bonchev–Trinajstić information content (AvgIpc) is 2.27. The van der Waals surface area contributed by atoms with Gasteiger partial charge in [0.15, 0.2) is 0 Å². The number of likely N-dealkylation sites (tertiary alicyclic amines) is 1. The molecule has 1 heterocycles. The van der Waals surface area contributed by atoms with Crippen LogP contribution in [-0.2, 0) is 4.79 Å². The number of hydrogen-bond donors (Lipinski definition) is 0. The lowest BCUT2D eigenvalue weighted by atomic mass is 9.97. The maximum absolute atomic E-state index is 11.7. The number of carbonyl (C=O) groups is 1. The molecule has 0 aliphatic carbocycles. The van der Waals surface area contributed by atoms with E-state index in [-0.39, 0.29) is 11.4 Å². The number of hydrogen-bond acceptors (Lipinski definition) is 2. The van der Waals surface area contributed by atoms with E-state index in [0.717, 1.165) is 25.9 Å². The van der Waals surface area contributed by atoms with Gasteiger partial charge in [-0.05, 0) is 46.5 Å². The topological polar surface area (TPSA) is 23.6 Å². The fourth-order valence-corrected chi connectivity index (χ4v) is 2.28. The SMILES string of the molecule is CC#CC(=O)N(C)C1CCN(C(C)(C)C)CC1. The van der Waals surface area contributed by atoms with E-state index in [1.54, 1.807) is 11.8 Å². The number of piperidine rings is 1. The minimum atomic E-state index is -0.0540. The van der Waals surface area contributed by atoms with Gasteiger partial charge in [0.1, 0.15) is 0 Å². The molecule has 0 saturated carbocycles. The predicted molar refractivity (Wildman–Crippen MR) is 70.6 cm³/mol. The highest BCUT2D eigenvalue weighted by molar-refractivity contribution is 5.93. The molecule has 3 heteroatoms. The Morgan fingerprint density at radius 2 is 1.82 bits per heavy atom. The van der Waals surface area contributed by atoms with Gasteiger partial charge in [-0.3, -0.25) is 9.69 Å². The van der Waals surface area contributed by atoms with E-state index in [4.69, 9.17) is 0 Å². The minimum absolute atomic E-state index is 0.0540. The molecule has 1 aliphatic rings. The molecule has 0 spiro atoms. The summed E-state index contributed by atoms with van der Waals surface area (Å²) in [5.41, 5.74) is 0.233. The van der Waals surface area contributed by atoms with Gasteiger partial charge in [-0.1, -0.05) is 5.92 Å². The van der Waals surface area contributed by atoms with Crippen LogP contribution >= 0.6 is 0 Å². The number of amides is 1. The standard InChI is InChI=1S/C14H24N2O/c1-6-7-13(17)15(5)12-8-10-16(11-9-12)14(2,3)4/h12H,8-11H2,1-5H3. The second-order valence-corrected chi connectivity index (χ2v) is 5.68. The van der Waals surface area contributed by atoms with Crippen molar-refractivity contribution in [1.82, 2.24) is 9.80 Å². The van der Waals surface area contributed by atoms with Crippen LogP contribution in [0.4, 0.5) is 0 Å². The highest BCUT2D eigenvalue weighted by atomic mass is 16.2. The van der Waals surface area contributed by atoms with Crippen LogP contribution in [0.3, 0.4) is 0 Å². The zero-order valence-electron chi connectivity index (χ0n) is 11.7. The van der Waals surface area contributed by atoms with Gasteiger partial charge in [0, 0.05) is 31.7 Å². The van der Waals surface area contributed by atoms with Gasteiger partial charge in [-0.15, -0.1) is 0 Å². The van der Waals surface area contributed by atoms with Gasteiger partial charge in [0.2, 0.25) is 0 Å². The molecule has 0 aromatic heterocycles. The summed E-state index contributed by atoms with van der Waals surface area (Å²) in [6, 6.07) is 0.349. The lowest BCUT2D eigenvalue weighted by Gasteiger charge is -2.42. The van der Waals surface area contributed by atoms with Crippen LogP contribution in [0.2, 0.25) is 0 Å². The van der Waals surface area contributed by atoms with Crippen molar-refractivity contribution < 1.29 is 4.79 Å². The number of rotatable bonds is 1. The molecule has 3 nitrogen and oxygen atoms in total. The maximum Gasteiger partial charge on any atom is 0.298 e. The van der Waals surface area contributed by atoms with Crippen molar-refractivity contribution in [1.29, 1.82) is 0 Å². The summed E-state index contributed by atoms with van der Waals surface area (Å²) in [5.74, 6) is 5.22. The van der Waals surface area contributed by atoms with Gasteiger partial charge < -0.3 is 4.90 Å². The van der Waals surface area contributed by atoms with Crippen molar-refractivity contribution in [2.75, 3.05) is 20.1 Å². The van der Waals surface area contributed by atoms with Crippen LogP contribution in [0, 0.1) is 11.8 Å². The molecular formula is C14H24N2O. The van der Waals surface area contributed by atoms with Gasteiger partial charge in [-0.2, -0.15) is 0 Å². The second-order valence-electron chi connectivity index (χ2n) is 5.68. The molecule has 1 aliphatic heterocycles. The Balaban J connectivity index is 2.51. The van der Waals surface area contributed by atoms with Crippen LogP contribution < -0.4 is 0 Å². The molecule has 0 atom stereocenters. The number of nitrogens with zero attached hydrogens (tertiary/aromatic N) is 2. The van der Waals surface area contributed by atoms with Crippen LogP contribution in [0.15, 0.2) is 0 Å². The normalized spacial score (nSPS) is 18.4. The smallest absolute Gasteiger partial charge is 0.298 e. The molecule has 0 N–H and O–H groups in total. The molecule has 1 saturated heterocycles. The van der Waals surface area contributed by atoms with Crippen LogP contribution in [0.5, 0.6) is 0 Å². The largest absolute Gasteiger partial charge is 0.332 e. The van der Waals surface area contributed by atoms with Gasteiger partial charge >= 0.3 is 0 Å². The fourth-order valence-electron chi connectivity index (χ4n) is 2.28. The lowest BCUT2D eigenvalue weighted by Crippen LogP contribution is -2.51. The molecule has 1 fully saturated rings. The predicted octanol–water partition coefficient (Wildman–Crippen LogP) is 1.73. The Labute approximate surface area is 105 Å². The van der Waals surface area contributed by atoms with Crippen molar-refractivity contribution in [2.24, 2.45) is 0 Å². The van der Waals surface area contributed by atoms with Gasteiger partial charge in [0.25, 0.3) is 5.91 Å².